The fraction of sp³-hybridized carbons (Fsp3) is 0.231. The topological polar surface area (TPSA) is 68.9 Å². The molecule has 0 unspecified atom stereocenters. The lowest BCUT2D eigenvalue weighted by Gasteiger charge is -2.04. The molecule has 7 heteroatoms. The van der Waals surface area contributed by atoms with Crippen molar-refractivity contribution in [2.24, 2.45) is 0 Å². The number of hydrogen-bond donors (Lipinski definition) is 0. The van der Waals surface area contributed by atoms with E-state index in [0.29, 0.717) is 10.9 Å². The van der Waals surface area contributed by atoms with Gasteiger partial charge in [-0.2, -0.15) is 0 Å². The van der Waals surface area contributed by atoms with Crippen LogP contribution in [0.15, 0.2) is 29.4 Å². The number of nitrogens with zero attached hydrogens (tertiary/aromatic N) is 3. The summed E-state index contributed by atoms with van der Waals surface area (Å²) in [5.74, 6) is 0.556. The van der Waals surface area contributed by atoms with E-state index in [1.54, 1.807) is 6.07 Å². The van der Waals surface area contributed by atoms with Crippen LogP contribution in [0.2, 0.25) is 5.02 Å². The van der Waals surface area contributed by atoms with Crippen LogP contribution in [0.5, 0.6) is 0 Å². The molecule has 0 amide bonds. The van der Waals surface area contributed by atoms with Gasteiger partial charge >= 0.3 is 0 Å². The van der Waals surface area contributed by atoms with Crippen LogP contribution in [-0.4, -0.2) is 14.9 Å². The summed E-state index contributed by atoms with van der Waals surface area (Å²) in [7, 11) is 0. The fourth-order valence-corrected chi connectivity index (χ4v) is 2.77. The van der Waals surface area contributed by atoms with Crippen molar-refractivity contribution in [2.75, 3.05) is 0 Å². The Morgan fingerprint density at radius 1 is 1.25 bits per heavy atom. The number of aryl methyl sites for hydroxylation is 2. The molecule has 1 aromatic carbocycles. The van der Waals surface area contributed by atoms with Gasteiger partial charge in [0.25, 0.3) is 5.69 Å². The van der Waals surface area contributed by atoms with Gasteiger partial charge < -0.3 is 0 Å². The normalized spacial score (nSPS) is 10.6. The monoisotopic (exact) mass is 309 g/mol. The van der Waals surface area contributed by atoms with Crippen molar-refractivity contribution in [1.82, 2.24) is 9.97 Å². The van der Waals surface area contributed by atoms with E-state index < -0.39 is 4.92 Å². The highest BCUT2D eigenvalue weighted by Gasteiger charge is 2.13. The summed E-state index contributed by atoms with van der Waals surface area (Å²) < 4.78 is 0. The molecule has 0 N–H and O–H groups in total. The van der Waals surface area contributed by atoms with Gasteiger partial charge in [-0.15, -0.1) is 0 Å². The van der Waals surface area contributed by atoms with Gasteiger partial charge in [-0.3, -0.25) is 10.1 Å². The molecule has 5 nitrogen and oxygen atoms in total. The molecule has 0 bridgehead atoms. The molecular formula is C13H12ClN3O2S. The molecule has 0 aliphatic carbocycles. The summed E-state index contributed by atoms with van der Waals surface area (Å²) in [5, 5.41) is 11.6. The maximum Gasteiger partial charge on any atom is 0.288 e. The van der Waals surface area contributed by atoms with Crippen LogP contribution in [0.3, 0.4) is 0 Å². The predicted octanol–water partition coefficient (Wildman–Crippen LogP) is 3.95. The van der Waals surface area contributed by atoms with Crippen molar-refractivity contribution >= 4 is 29.1 Å². The third kappa shape index (κ3) is 3.68. The number of hydrogen-bond acceptors (Lipinski definition) is 5. The van der Waals surface area contributed by atoms with Crippen molar-refractivity contribution in [3.05, 3.63) is 56.4 Å². The third-order valence-corrected chi connectivity index (χ3v) is 3.78. The molecule has 0 radical (unpaired) electrons. The minimum atomic E-state index is -0.482. The Morgan fingerprint density at radius 2 is 1.90 bits per heavy atom. The molecule has 1 heterocycles. The molecule has 0 aliphatic heterocycles. The SMILES string of the molecule is Cc1cc(C)nc(SCc2ccc(Cl)c([N+](=O)[O-])c2)n1. The summed E-state index contributed by atoms with van der Waals surface area (Å²) in [6.45, 7) is 3.82. The van der Waals surface area contributed by atoms with Crippen LogP contribution >= 0.6 is 23.4 Å². The molecule has 0 saturated carbocycles. The number of aromatic nitrogens is 2. The first-order valence-corrected chi connectivity index (χ1v) is 7.20. The van der Waals surface area contributed by atoms with E-state index in [9.17, 15) is 10.1 Å². The number of benzene rings is 1. The molecule has 0 atom stereocenters. The van der Waals surface area contributed by atoms with E-state index >= 15 is 0 Å². The van der Waals surface area contributed by atoms with Gasteiger partial charge in [0.1, 0.15) is 5.02 Å². The Hall–Kier alpha value is -1.66. The van der Waals surface area contributed by atoms with Crippen LogP contribution in [0.25, 0.3) is 0 Å². The van der Waals surface area contributed by atoms with Gasteiger partial charge in [0, 0.05) is 23.2 Å². The summed E-state index contributed by atoms with van der Waals surface area (Å²) in [6, 6.07) is 6.69. The molecule has 0 spiro atoms. The minimum Gasteiger partial charge on any atom is -0.258 e. The summed E-state index contributed by atoms with van der Waals surface area (Å²) in [4.78, 5) is 19.0. The molecule has 20 heavy (non-hydrogen) atoms. The lowest BCUT2D eigenvalue weighted by molar-refractivity contribution is -0.384. The smallest absolute Gasteiger partial charge is 0.258 e. The Kier molecular flexibility index (Phi) is 4.57. The molecule has 0 aliphatic rings. The molecular weight excluding hydrogens is 298 g/mol. The first kappa shape index (κ1) is 14.7. The van der Waals surface area contributed by atoms with Gasteiger partial charge in [-0.1, -0.05) is 29.4 Å². The lowest BCUT2D eigenvalue weighted by atomic mass is 10.2. The zero-order valence-electron chi connectivity index (χ0n) is 11.0. The quantitative estimate of drug-likeness (QED) is 0.370. The van der Waals surface area contributed by atoms with Crippen LogP contribution in [0, 0.1) is 24.0 Å². The van der Waals surface area contributed by atoms with Crippen molar-refractivity contribution in [2.45, 2.75) is 24.8 Å². The second-order valence-corrected chi connectivity index (χ2v) is 5.61. The highest BCUT2D eigenvalue weighted by molar-refractivity contribution is 7.98. The van der Waals surface area contributed by atoms with Gasteiger partial charge in [-0.25, -0.2) is 9.97 Å². The van der Waals surface area contributed by atoms with Crippen molar-refractivity contribution < 1.29 is 4.92 Å². The molecule has 1 aromatic heterocycles. The van der Waals surface area contributed by atoms with Crippen LogP contribution in [0.4, 0.5) is 5.69 Å². The van der Waals surface area contributed by atoms with E-state index in [-0.39, 0.29) is 10.7 Å². The second-order valence-electron chi connectivity index (χ2n) is 4.26. The molecule has 0 fully saturated rings. The van der Waals surface area contributed by atoms with E-state index in [4.69, 9.17) is 11.6 Å². The van der Waals surface area contributed by atoms with Crippen LogP contribution < -0.4 is 0 Å². The van der Waals surface area contributed by atoms with E-state index in [0.717, 1.165) is 17.0 Å². The predicted molar refractivity (Wildman–Crippen MR) is 79.2 cm³/mol. The first-order chi connectivity index (χ1) is 9.45. The summed E-state index contributed by atoms with van der Waals surface area (Å²) >= 11 is 7.22. The number of thioether (sulfide) groups is 1. The number of halogens is 1. The van der Waals surface area contributed by atoms with Crippen LogP contribution in [0.1, 0.15) is 17.0 Å². The average molecular weight is 310 g/mol. The minimum absolute atomic E-state index is 0.0777. The maximum atomic E-state index is 10.8. The highest BCUT2D eigenvalue weighted by Crippen LogP contribution is 2.28. The largest absolute Gasteiger partial charge is 0.288 e. The maximum absolute atomic E-state index is 10.8. The molecule has 2 aromatic rings. The molecule has 2 rings (SSSR count). The van der Waals surface area contributed by atoms with E-state index in [1.807, 2.05) is 19.9 Å². The Labute approximate surface area is 125 Å². The van der Waals surface area contributed by atoms with Crippen molar-refractivity contribution in [3.63, 3.8) is 0 Å². The van der Waals surface area contributed by atoms with Crippen molar-refractivity contribution in [3.8, 4) is 0 Å². The zero-order chi connectivity index (χ0) is 14.7. The standard InChI is InChI=1S/C13H12ClN3O2S/c1-8-5-9(2)16-13(15-8)20-7-10-3-4-11(14)12(6-10)17(18)19/h3-6H,7H2,1-2H3. The summed E-state index contributed by atoms with van der Waals surface area (Å²) in [5.41, 5.74) is 2.55. The third-order valence-electron chi connectivity index (χ3n) is 2.54. The van der Waals surface area contributed by atoms with Gasteiger partial charge in [0.15, 0.2) is 5.16 Å². The highest BCUT2D eigenvalue weighted by atomic mass is 35.5. The van der Waals surface area contributed by atoms with E-state index in [1.165, 1.54) is 23.9 Å². The molecule has 0 saturated heterocycles. The summed E-state index contributed by atoms with van der Waals surface area (Å²) in [6.07, 6.45) is 0. The first-order valence-electron chi connectivity index (χ1n) is 5.83. The molecule has 104 valence electrons. The number of nitro benzene ring substituents is 1. The van der Waals surface area contributed by atoms with Crippen LogP contribution in [-0.2, 0) is 5.75 Å². The average Bonchev–Trinajstić information content (AvgIpc) is 2.36. The Morgan fingerprint density at radius 3 is 2.50 bits per heavy atom. The number of nitro groups is 1. The van der Waals surface area contributed by atoms with Gasteiger partial charge in [0.2, 0.25) is 0 Å². The van der Waals surface area contributed by atoms with Crippen molar-refractivity contribution in [1.29, 1.82) is 0 Å². The Balaban J connectivity index is 2.14. The fourth-order valence-electron chi connectivity index (χ4n) is 1.69. The zero-order valence-corrected chi connectivity index (χ0v) is 12.5. The second kappa shape index (κ2) is 6.19. The van der Waals surface area contributed by atoms with Gasteiger partial charge in [0.05, 0.1) is 4.92 Å². The Bertz CT molecular complexity index is 644. The van der Waals surface area contributed by atoms with Gasteiger partial charge in [-0.05, 0) is 31.5 Å². The number of rotatable bonds is 4. The van der Waals surface area contributed by atoms with E-state index in [2.05, 4.69) is 9.97 Å². The lowest BCUT2D eigenvalue weighted by Crippen LogP contribution is -1.94.